The van der Waals surface area contributed by atoms with E-state index in [9.17, 15) is 4.79 Å². The van der Waals surface area contributed by atoms with Crippen molar-refractivity contribution in [2.75, 3.05) is 6.61 Å². The molecule has 0 amide bonds. The van der Waals surface area contributed by atoms with E-state index < -0.39 is 0 Å². The highest BCUT2D eigenvalue weighted by molar-refractivity contribution is 5.80. The fourth-order valence-electron chi connectivity index (χ4n) is 3.20. The summed E-state index contributed by atoms with van der Waals surface area (Å²) in [5, 5.41) is 0. The largest absolute Gasteiger partial charge is 0.369 e. The van der Waals surface area contributed by atoms with Crippen LogP contribution in [0.3, 0.4) is 0 Å². The Kier molecular flexibility index (Phi) is 2.75. The minimum atomic E-state index is -0.303. The van der Waals surface area contributed by atoms with Crippen LogP contribution in [0.15, 0.2) is 24.3 Å². The molecule has 0 aromatic heterocycles. The summed E-state index contributed by atoms with van der Waals surface area (Å²) < 4.78 is 6.06. The molecule has 1 aliphatic carbocycles. The number of rotatable bonds is 0. The number of ketones is 1. The molecule has 1 aliphatic heterocycles. The van der Waals surface area contributed by atoms with Crippen molar-refractivity contribution in [3.8, 4) is 0 Å². The van der Waals surface area contributed by atoms with Gasteiger partial charge in [-0.15, -0.1) is 0 Å². The van der Waals surface area contributed by atoms with Crippen molar-refractivity contribution in [2.45, 2.75) is 44.1 Å². The van der Waals surface area contributed by atoms with Crippen LogP contribution in [-0.2, 0) is 21.6 Å². The van der Waals surface area contributed by atoms with Gasteiger partial charge >= 0.3 is 0 Å². The maximum atomic E-state index is 11.8. The molecule has 1 fully saturated rings. The van der Waals surface area contributed by atoms with Crippen molar-refractivity contribution in [1.29, 1.82) is 0 Å². The van der Waals surface area contributed by atoms with Crippen molar-refractivity contribution >= 4 is 5.78 Å². The molecule has 0 N–H and O–H groups in total. The average Bonchev–Trinajstić information content (AvgIpc) is 2.51. The molecular weight excluding hydrogens is 212 g/mol. The van der Waals surface area contributed by atoms with Gasteiger partial charge in [-0.1, -0.05) is 24.3 Å². The van der Waals surface area contributed by atoms with Gasteiger partial charge in [-0.05, 0) is 36.8 Å². The van der Waals surface area contributed by atoms with Crippen LogP contribution < -0.4 is 0 Å². The van der Waals surface area contributed by atoms with Crippen LogP contribution in [0.25, 0.3) is 0 Å². The molecule has 1 saturated heterocycles. The molecule has 1 spiro atoms. The van der Waals surface area contributed by atoms with E-state index in [1.54, 1.807) is 0 Å². The molecular formula is C15H18O2. The topological polar surface area (TPSA) is 26.3 Å². The predicted octanol–water partition coefficient (Wildman–Crippen LogP) is 2.99. The lowest BCUT2D eigenvalue weighted by Crippen LogP contribution is -2.37. The number of carbonyl (C=O) groups is 1. The Hall–Kier alpha value is -1.15. The minimum Gasteiger partial charge on any atom is -0.369 e. The summed E-state index contributed by atoms with van der Waals surface area (Å²) in [6, 6.07) is 8.49. The Morgan fingerprint density at radius 2 is 2.00 bits per heavy atom. The second-order valence-electron chi connectivity index (χ2n) is 5.17. The number of fused-ring (bicyclic) bond motifs is 2. The van der Waals surface area contributed by atoms with E-state index in [4.69, 9.17) is 4.74 Å². The van der Waals surface area contributed by atoms with Crippen LogP contribution in [0.4, 0.5) is 0 Å². The zero-order valence-electron chi connectivity index (χ0n) is 10.1. The number of hydrogen-bond acceptors (Lipinski definition) is 2. The highest BCUT2D eigenvalue weighted by Gasteiger charge is 2.40. The lowest BCUT2D eigenvalue weighted by Gasteiger charge is -2.37. The molecule has 90 valence electrons. The third-order valence-electron chi connectivity index (χ3n) is 4.03. The summed E-state index contributed by atoms with van der Waals surface area (Å²) in [5.74, 6) is 0.355. The second-order valence-corrected chi connectivity index (χ2v) is 5.17. The normalized spacial score (nSPS) is 28.8. The van der Waals surface area contributed by atoms with Crippen molar-refractivity contribution in [3.63, 3.8) is 0 Å². The summed E-state index contributed by atoms with van der Waals surface area (Å²) in [6.07, 6.45) is 5.64. The first-order valence-electron chi connectivity index (χ1n) is 6.54. The van der Waals surface area contributed by atoms with E-state index >= 15 is 0 Å². The van der Waals surface area contributed by atoms with Crippen LogP contribution >= 0.6 is 0 Å². The number of Topliss-reactive ketones (excluding diaryl/α,β-unsaturated/α-hetero) is 1. The van der Waals surface area contributed by atoms with Crippen molar-refractivity contribution in [2.24, 2.45) is 0 Å². The fourth-order valence-corrected chi connectivity index (χ4v) is 3.20. The molecule has 0 radical (unpaired) electrons. The zero-order valence-corrected chi connectivity index (χ0v) is 10.1. The number of benzene rings is 1. The smallest absolute Gasteiger partial charge is 0.138 e. The summed E-state index contributed by atoms with van der Waals surface area (Å²) in [6.45, 7) is 0.590. The summed E-state index contributed by atoms with van der Waals surface area (Å²) in [5.41, 5.74) is 2.34. The van der Waals surface area contributed by atoms with Gasteiger partial charge in [-0.3, -0.25) is 4.79 Å². The van der Waals surface area contributed by atoms with Gasteiger partial charge in [-0.2, -0.15) is 0 Å². The second kappa shape index (κ2) is 4.26. The molecule has 2 heteroatoms. The molecule has 1 atom stereocenters. The van der Waals surface area contributed by atoms with E-state index in [1.165, 1.54) is 17.5 Å². The summed E-state index contributed by atoms with van der Waals surface area (Å²) in [4.78, 5) is 11.8. The maximum absolute atomic E-state index is 11.8. The zero-order chi connectivity index (χ0) is 11.7. The molecule has 1 aromatic rings. The number of ether oxygens (including phenoxy) is 1. The minimum absolute atomic E-state index is 0.303. The van der Waals surface area contributed by atoms with Crippen LogP contribution in [0.1, 0.15) is 43.2 Å². The highest BCUT2D eigenvalue weighted by atomic mass is 16.5. The van der Waals surface area contributed by atoms with Gasteiger partial charge in [0.2, 0.25) is 0 Å². The van der Waals surface area contributed by atoms with Crippen LogP contribution in [0.2, 0.25) is 0 Å². The molecule has 2 aliphatic rings. The van der Waals surface area contributed by atoms with Crippen LogP contribution in [0, 0.1) is 0 Å². The Morgan fingerprint density at radius 3 is 2.88 bits per heavy atom. The van der Waals surface area contributed by atoms with Gasteiger partial charge in [0.25, 0.3) is 0 Å². The van der Waals surface area contributed by atoms with E-state index in [0.717, 1.165) is 19.3 Å². The number of hydrogen-bond donors (Lipinski definition) is 0. The third-order valence-corrected chi connectivity index (χ3v) is 4.03. The molecule has 1 aromatic carbocycles. The molecule has 17 heavy (non-hydrogen) atoms. The van der Waals surface area contributed by atoms with Crippen LogP contribution in [-0.4, -0.2) is 12.4 Å². The van der Waals surface area contributed by atoms with Gasteiger partial charge in [0.15, 0.2) is 0 Å². The Balaban J connectivity index is 2.06. The van der Waals surface area contributed by atoms with Crippen molar-refractivity contribution in [3.05, 3.63) is 35.4 Å². The van der Waals surface area contributed by atoms with Gasteiger partial charge < -0.3 is 4.74 Å². The van der Waals surface area contributed by atoms with Gasteiger partial charge in [-0.25, -0.2) is 0 Å². The highest BCUT2D eigenvalue weighted by Crippen LogP contribution is 2.42. The lowest BCUT2D eigenvalue weighted by atomic mass is 9.81. The quantitative estimate of drug-likeness (QED) is 0.685. The first kappa shape index (κ1) is 11.0. The van der Waals surface area contributed by atoms with Gasteiger partial charge in [0, 0.05) is 12.8 Å². The van der Waals surface area contributed by atoms with E-state index in [2.05, 4.69) is 24.3 Å². The van der Waals surface area contributed by atoms with Crippen molar-refractivity contribution in [1.82, 2.24) is 0 Å². The number of carbonyl (C=O) groups excluding carboxylic acids is 1. The standard InChI is InChI=1S/C15H18O2/c16-13-8-10-17-15(11-13)9-4-3-6-12-5-1-2-7-14(12)15/h1-2,5,7H,3-4,6,8-11H2. The molecule has 0 bridgehead atoms. The van der Waals surface area contributed by atoms with Gasteiger partial charge in [0.1, 0.15) is 11.4 Å². The maximum Gasteiger partial charge on any atom is 0.138 e. The number of aryl methyl sites for hydroxylation is 1. The average molecular weight is 230 g/mol. The van der Waals surface area contributed by atoms with E-state index in [1.807, 2.05) is 0 Å². The molecule has 0 saturated carbocycles. The molecule has 3 rings (SSSR count). The molecule has 1 unspecified atom stereocenters. The van der Waals surface area contributed by atoms with Crippen molar-refractivity contribution < 1.29 is 9.53 Å². The Labute approximate surface area is 102 Å². The predicted molar refractivity (Wildman–Crippen MR) is 65.9 cm³/mol. The van der Waals surface area contributed by atoms with E-state index in [0.29, 0.717) is 25.2 Å². The Morgan fingerprint density at radius 1 is 1.12 bits per heavy atom. The monoisotopic (exact) mass is 230 g/mol. The fraction of sp³-hybridized carbons (Fsp3) is 0.533. The molecule has 2 nitrogen and oxygen atoms in total. The van der Waals surface area contributed by atoms with Gasteiger partial charge in [0.05, 0.1) is 6.61 Å². The van der Waals surface area contributed by atoms with E-state index in [-0.39, 0.29) is 5.60 Å². The lowest BCUT2D eigenvalue weighted by molar-refractivity contribution is -0.143. The summed E-state index contributed by atoms with van der Waals surface area (Å²) in [7, 11) is 0. The Bertz CT molecular complexity index is 438. The molecule has 1 heterocycles. The third kappa shape index (κ3) is 1.91. The first-order valence-corrected chi connectivity index (χ1v) is 6.54. The first-order chi connectivity index (χ1) is 8.30. The summed E-state index contributed by atoms with van der Waals surface area (Å²) >= 11 is 0. The van der Waals surface area contributed by atoms with Crippen LogP contribution in [0.5, 0.6) is 0 Å². The SMILES string of the molecule is O=C1CCOC2(CCCCc3ccccc32)C1.